The Morgan fingerprint density at radius 3 is 2.37 bits per heavy atom. The van der Waals surface area contributed by atoms with Crippen LogP contribution in [0.1, 0.15) is 24.0 Å². The minimum atomic E-state index is 0.00448. The number of benzene rings is 1. The molecule has 146 valence electrons. The van der Waals surface area contributed by atoms with Crippen molar-refractivity contribution in [3.8, 4) is 0 Å². The molecule has 3 amide bonds. The number of piperazine rings is 1. The summed E-state index contributed by atoms with van der Waals surface area (Å²) in [5, 5.41) is 3.03. The van der Waals surface area contributed by atoms with Gasteiger partial charge in [0.15, 0.2) is 6.54 Å². The van der Waals surface area contributed by atoms with E-state index in [1.807, 2.05) is 36.9 Å². The second kappa shape index (κ2) is 8.52. The summed E-state index contributed by atoms with van der Waals surface area (Å²) in [6, 6.07) is 5.97. The van der Waals surface area contributed by atoms with Gasteiger partial charge in [0.25, 0.3) is 5.91 Å². The molecule has 0 radical (unpaired) electrons. The van der Waals surface area contributed by atoms with E-state index in [2.05, 4.69) is 5.32 Å². The van der Waals surface area contributed by atoms with Gasteiger partial charge in [-0.05, 0) is 31.4 Å². The van der Waals surface area contributed by atoms with Crippen LogP contribution in [0, 0.1) is 13.8 Å². The number of amides is 3. The third-order valence-corrected chi connectivity index (χ3v) is 5.48. The summed E-state index contributed by atoms with van der Waals surface area (Å²) >= 11 is 0. The molecule has 3 rings (SSSR count). The minimum Gasteiger partial charge on any atom is -0.333 e. The number of quaternary nitrogens is 1. The molecular formula is C20H29N4O3+. The van der Waals surface area contributed by atoms with Crippen LogP contribution in [-0.4, -0.2) is 73.3 Å². The number of nitrogens with zero attached hydrogens (tertiary/aromatic N) is 2. The molecule has 0 atom stereocenters. The number of carbonyl (C=O) groups excluding carboxylic acids is 3. The van der Waals surface area contributed by atoms with Gasteiger partial charge >= 0.3 is 0 Å². The highest BCUT2D eigenvalue weighted by atomic mass is 16.2. The van der Waals surface area contributed by atoms with Gasteiger partial charge in [0.2, 0.25) is 11.8 Å². The first kappa shape index (κ1) is 19.4. The van der Waals surface area contributed by atoms with Crippen LogP contribution in [-0.2, 0) is 14.4 Å². The lowest BCUT2D eigenvalue weighted by Gasteiger charge is -2.32. The van der Waals surface area contributed by atoms with Crippen LogP contribution >= 0.6 is 0 Å². The molecule has 2 fully saturated rings. The summed E-state index contributed by atoms with van der Waals surface area (Å²) < 4.78 is 0. The van der Waals surface area contributed by atoms with Crippen LogP contribution in [0.2, 0.25) is 0 Å². The molecule has 0 unspecified atom stereocenters. The quantitative estimate of drug-likeness (QED) is 0.737. The Kier molecular flexibility index (Phi) is 6.11. The van der Waals surface area contributed by atoms with Crippen LogP contribution in [0.3, 0.4) is 0 Å². The molecule has 2 N–H and O–H groups in total. The lowest BCUT2D eigenvalue weighted by atomic mass is 10.1. The molecule has 27 heavy (non-hydrogen) atoms. The predicted octanol–water partition coefficient (Wildman–Crippen LogP) is -0.409. The van der Waals surface area contributed by atoms with Crippen LogP contribution in [0.5, 0.6) is 0 Å². The predicted molar refractivity (Wildman–Crippen MR) is 103 cm³/mol. The Balaban J connectivity index is 1.44. The highest BCUT2D eigenvalue weighted by Gasteiger charge is 2.29. The van der Waals surface area contributed by atoms with E-state index in [9.17, 15) is 14.4 Å². The number of rotatable bonds is 5. The zero-order chi connectivity index (χ0) is 19.4. The Hall–Kier alpha value is -2.41. The minimum absolute atomic E-state index is 0.00448. The largest absolute Gasteiger partial charge is 0.333 e. The maximum Gasteiger partial charge on any atom is 0.279 e. The zero-order valence-corrected chi connectivity index (χ0v) is 16.2. The van der Waals surface area contributed by atoms with Gasteiger partial charge in [0.1, 0.15) is 0 Å². The van der Waals surface area contributed by atoms with Crippen LogP contribution in [0.25, 0.3) is 0 Å². The summed E-state index contributed by atoms with van der Waals surface area (Å²) in [6.07, 6.45) is 1.40. The van der Waals surface area contributed by atoms with Crippen LogP contribution in [0.4, 0.5) is 5.69 Å². The van der Waals surface area contributed by atoms with Crippen molar-refractivity contribution in [2.45, 2.75) is 26.7 Å². The highest BCUT2D eigenvalue weighted by Crippen LogP contribution is 2.18. The fourth-order valence-electron chi connectivity index (χ4n) is 3.81. The number of hydrogen-bond acceptors (Lipinski definition) is 3. The van der Waals surface area contributed by atoms with Crippen LogP contribution < -0.4 is 10.2 Å². The molecule has 1 aromatic rings. The first-order valence-corrected chi connectivity index (χ1v) is 9.69. The number of hydrogen-bond donors (Lipinski definition) is 2. The average molecular weight is 373 g/mol. The summed E-state index contributed by atoms with van der Waals surface area (Å²) in [6.45, 7) is 8.03. The molecule has 2 aliphatic heterocycles. The molecule has 2 heterocycles. The number of carbonyl (C=O) groups is 3. The third kappa shape index (κ3) is 4.86. The Bertz CT molecular complexity index is 706. The third-order valence-electron chi connectivity index (χ3n) is 5.48. The second-order valence-electron chi connectivity index (χ2n) is 7.54. The standard InChI is InChI=1S/C20H28N4O3/c1-15-5-3-6-16(2)20(15)21-17(25)13-22-9-11-23(12-10-22)19(27)14-24-8-4-7-18(24)26/h3,5-6H,4,7-14H2,1-2H3,(H,21,25)/p+1. The monoisotopic (exact) mass is 373 g/mol. The van der Waals surface area contributed by atoms with E-state index in [0.29, 0.717) is 32.6 Å². The van der Waals surface area contributed by atoms with Crippen molar-refractivity contribution in [1.82, 2.24) is 9.80 Å². The molecule has 0 aromatic heterocycles. The van der Waals surface area contributed by atoms with E-state index < -0.39 is 0 Å². The zero-order valence-electron chi connectivity index (χ0n) is 16.2. The van der Waals surface area contributed by atoms with Crippen molar-refractivity contribution < 1.29 is 19.3 Å². The van der Waals surface area contributed by atoms with Gasteiger partial charge in [-0.2, -0.15) is 0 Å². The molecular weight excluding hydrogens is 344 g/mol. The Morgan fingerprint density at radius 2 is 1.78 bits per heavy atom. The van der Waals surface area contributed by atoms with Crippen molar-refractivity contribution in [2.75, 3.05) is 51.1 Å². The SMILES string of the molecule is Cc1cccc(C)c1NC(=O)C[NH+]1CCN(C(=O)CN2CCCC2=O)CC1. The van der Waals surface area contributed by atoms with Gasteiger partial charge in [-0.25, -0.2) is 0 Å². The van der Waals surface area contributed by atoms with E-state index in [0.717, 1.165) is 36.3 Å². The Labute approximate surface area is 160 Å². The number of para-hydroxylation sites is 1. The average Bonchev–Trinajstić information content (AvgIpc) is 3.03. The summed E-state index contributed by atoms with van der Waals surface area (Å²) in [4.78, 5) is 41.1. The van der Waals surface area contributed by atoms with E-state index in [-0.39, 0.29) is 24.3 Å². The lowest BCUT2D eigenvalue weighted by molar-refractivity contribution is -0.895. The molecule has 1 aromatic carbocycles. The number of anilines is 1. The molecule has 2 saturated heterocycles. The van der Waals surface area contributed by atoms with E-state index in [1.165, 1.54) is 4.90 Å². The van der Waals surface area contributed by atoms with Crippen molar-refractivity contribution in [3.05, 3.63) is 29.3 Å². The van der Waals surface area contributed by atoms with Gasteiger partial charge in [-0.3, -0.25) is 14.4 Å². The lowest BCUT2D eigenvalue weighted by Crippen LogP contribution is -3.15. The summed E-state index contributed by atoms with van der Waals surface area (Å²) in [5.41, 5.74) is 3.02. The molecule has 0 spiro atoms. The number of likely N-dealkylation sites (tertiary alicyclic amines) is 1. The first-order valence-electron chi connectivity index (χ1n) is 9.69. The van der Waals surface area contributed by atoms with Gasteiger partial charge < -0.3 is 20.0 Å². The van der Waals surface area contributed by atoms with Gasteiger partial charge in [0, 0.05) is 18.7 Å². The summed E-state index contributed by atoms with van der Waals surface area (Å²) in [5.74, 6) is 0.102. The molecule has 7 nitrogen and oxygen atoms in total. The van der Waals surface area contributed by atoms with Crippen molar-refractivity contribution in [2.24, 2.45) is 0 Å². The Morgan fingerprint density at radius 1 is 1.11 bits per heavy atom. The van der Waals surface area contributed by atoms with Gasteiger partial charge in [-0.15, -0.1) is 0 Å². The van der Waals surface area contributed by atoms with Crippen molar-refractivity contribution in [1.29, 1.82) is 0 Å². The summed E-state index contributed by atoms with van der Waals surface area (Å²) in [7, 11) is 0. The molecule has 0 bridgehead atoms. The maximum atomic E-state index is 12.4. The highest BCUT2D eigenvalue weighted by molar-refractivity contribution is 5.93. The van der Waals surface area contributed by atoms with E-state index in [1.54, 1.807) is 4.90 Å². The van der Waals surface area contributed by atoms with Crippen molar-refractivity contribution >= 4 is 23.4 Å². The topological polar surface area (TPSA) is 74.2 Å². The van der Waals surface area contributed by atoms with Gasteiger partial charge in [0.05, 0.1) is 32.7 Å². The molecule has 0 aliphatic carbocycles. The molecule has 2 aliphatic rings. The number of aryl methyl sites for hydroxylation is 2. The normalized spacial score (nSPS) is 18.1. The molecule has 7 heteroatoms. The first-order chi connectivity index (χ1) is 12.9. The fraction of sp³-hybridized carbons (Fsp3) is 0.550. The maximum absolute atomic E-state index is 12.4. The van der Waals surface area contributed by atoms with Crippen LogP contribution in [0.15, 0.2) is 18.2 Å². The van der Waals surface area contributed by atoms with Crippen molar-refractivity contribution in [3.63, 3.8) is 0 Å². The van der Waals surface area contributed by atoms with E-state index >= 15 is 0 Å². The van der Waals surface area contributed by atoms with E-state index in [4.69, 9.17) is 0 Å². The molecule has 0 saturated carbocycles. The second-order valence-corrected chi connectivity index (χ2v) is 7.54. The number of nitrogens with one attached hydrogen (secondary N) is 2. The smallest absolute Gasteiger partial charge is 0.279 e. The van der Waals surface area contributed by atoms with Gasteiger partial charge in [-0.1, -0.05) is 18.2 Å². The fourth-order valence-corrected chi connectivity index (χ4v) is 3.81.